The molecule has 2 aromatic rings. The molecule has 0 unspecified atom stereocenters. The standard InChI is InChI=1S/C14H15BrOS/c1-10(2)13-8-11(15)5-6-14(13)16-9-12-4-3-7-17-12/h3-8,10H,9H2,1-2H3. The summed E-state index contributed by atoms with van der Waals surface area (Å²) >= 11 is 5.23. The van der Waals surface area contributed by atoms with Crippen LogP contribution in [0, 0.1) is 0 Å². The second kappa shape index (κ2) is 5.69. The molecular weight excluding hydrogens is 296 g/mol. The SMILES string of the molecule is CC(C)c1cc(Br)ccc1OCc1cccs1. The molecule has 0 fully saturated rings. The Morgan fingerprint density at radius 3 is 2.76 bits per heavy atom. The lowest BCUT2D eigenvalue weighted by Gasteiger charge is -2.14. The summed E-state index contributed by atoms with van der Waals surface area (Å²) in [6.45, 7) is 5.01. The Kier molecular flexibility index (Phi) is 4.24. The average molecular weight is 311 g/mol. The maximum Gasteiger partial charge on any atom is 0.123 e. The number of benzene rings is 1. The Morgan fingerprint density at radius 2 is 2.12 bits per heavy atom. The summed E-state index contributed by atoms with van der Waals surface area (Å²) < 4.78 is 6.99. The second-order valence-electron chi connectivity index (χ2n) is 4.20. The zero-order valence-corrected chi connectivity index (χ0v) is 12.3. The van der Waals surface area contributed by atoms with Crippen LogP contribution in [0.25, 0.3) is 0 Å². The quantitative estimate of drug-likeness (QED) is 0.753. The molecule has 0 saturated heterocycles. The number of thiophene rings is 1. The van der Waals surface area contributed by atoms with Gasteiger partial charge in [-0.25, -0.2) is 0 Å². The number of ether oxygens (including phenoxy) is 1. The van der Waals surface area contributed by atoms with Crippen molar-refractivity contribution in [2.45, 2.75) is 26.4 Å². The number of hydrogen-bond acceptors (Lipinski definition) is 2. The lowest BCUT2D eigenvalue weighted by Crippen LogP contribution is -1.98. The van der Waals surface area contributed by atoms with Crippen LogP contribution in [0.3, 0.4) is 0 Å². The van der Waals surface area contributed by atoms with Crippen LogP contribution < -0.4 is 4.74 Å². The van der Waals surface area contributed by atoms with E-state index in [1.807, 2.05) is 18.2 Å². The van der Waals surface area contributed by atoms with Gasteiger partial charge in [0.1, 0.15) is 12.4 Å². The Balaban J connectivity index is 2.14. The number of halogens is 1. The first-order chi connectivity index (χ1) is 8.16. The van der Waals surface area contributed by atoms with Gasteiger partial charge in [0.15, 0.2) is 0 Å². The fourth-order valence-corrected chi connectivity index (χ4v) is 2.64. The van der Waals surface area contributed by atoms with E-state index >= 15 is 0 Å². The highest BCUT2D eigenvalue weighted by Gasteiger charge is 2.08. The van der Waals surface area contributed by atoms with Gasteiger partial charge in [0.05, 0.1) is 0 Å². The molecule has 1 aromatic heterocycles. The molecule has 0 spiro atoms. The zero-order chi connectivity index (χ0) is 12.3. The smallest absolute Gasteiger partial charge is 0.123 e. The van der Waals surface area contributed by atoms with E-state index in [0.29, 0.717) is 12.5 Å². The highest BCUT2D eigenvalue weighted by atomic mass is 79.9. The summed E-state index contributed by atoms with van der Waals surface area (Å²) in [5.74, 6) is 1.45. The van der Waals surface area contributed by atoms with Crippen molar-refractivity contribution in [3.05, 3.63) is 50.6 Å². The van der Waals surface area contributed by atoms with Gasteiger partial charge >= 0.3 is 0 Å². The van der Waals surface area contributed by atoms with Crippen molar-refractivity contribution in [1.29, 1.82) is 0 Å². The summed E-state index contributed by atoms with van der Waals surface area (Å²) in [5.41, 5.74) is 1.25. The summed E-state index contributed by atoms with van der Waals surface area (Å²) in [4.78, 5) is 1.25. The fraction of sp³-hybridized carbons (Fsp3) is 0.286. The van der Waals surface area contributed by atoms with Gasteiger partial charge in [-0.15, -0.1) is 11.3 Å². The van der Waals surface area contributed by atoms with Crippen LogP contribution in [0.15, 0.2) is 40.2 Å². The van der Waals surface area contributed by atoms with Crippen molar-refractivity contribution in [3.63, 3.8) is 0 Å². The third-order valence-electron chi connectivity index (χ3n) is 2.54. The molecule has 1 aromatic carbocycles. The van der Waals surface area contributed by atoms with Crippen molar-refractivity contribution < 1.29 is 4.74 Å². The van der Waals surface area contributed by atoms with Crippen LogP contribution in [-0.2, 0) is 6.61 Å². The molecule has 0 aliphatic heterocycles. The highest BCUT2D eigenvalue weighted by Crippen LogP contribution is 2.30. The minimum atomic E-state index is 0.464. The molecule has 1 heterocycles. The topological polar surface area (TPSA) is 9.23 Å². The summed E-state index contributed by atoms with van der Waals surface area (Å²) in [5, 5.41) is 2.07. The Hall–Kier alpha value is -0.800. The predicted octanol–water partition coefficient (Wildman–Crippen LogP) is 5.21. The van der Waals surface area contributed by atoms with Gasteiger partial charge in [-0.3, -0.25) is 0 Å². The summed E-state index contributed by atoms with van der Waals surface area (Å²) in [7, 11) is 0. The average Bonchev–Trinajstić information content (AvgIpc) is 2.80. The Bertz CT molecular complexity index is 477. The van der Waals surface area contributed by atoms with E-state index in [0.717, 1.165) is 10.2 Å². The van der Waals surface area contributed by atoms with E-state index in [4.69, 9.17) is 4.74 Å². The van der Waals surface area contributed by atoms with E-state index in [9.17, 15) is 0 Å². The minimum Gasteiger partial charge on any atom is -0.488 e. The maximum absolute atomic E-state index is 5.89. The van der Waals surface area contributed by atoms with Crippen LogP contribution >= 0.6 is 27.3 Å². The van der Waals surface area contributed by atoms with Crippen molar-refractivity contribution in [2.24, 2.45) is 0 Å². The molecule has 2 rings (SSSR count). The zero-order valence-electron chi connectivity index (χ0n) is 9.94. The molecule has 0 N–H and O–H groups in total. The van der Waals surface area contributed by atoms with Crippen molar-refractivity contribution in [1.82, 2.24) is 0 Å². The Labute approximate surface area is 115 Å². The molecule has 0 bridgehead atoms. The molecule has 0 aliphatic rings. The minimum absolute atomic E-state index is 0.464. The van der Waals surface area contributed by atoms with Crippen LogP contribution in [-0.4, -0.2) is 0 Å². The lowest BCUT2D eigenvalue weighted by atomic mass is 10.0. The molecular formula is C14H15BrOS. The Morgan fingerprint density at radius 1 is 1.29 bits per heavy atom. The van der Waals surface area contributed by atoms with E-state index in [1.165, 1.54) is 10.4 Å². The number of rotatable bonds is 4. The lowest BCUT2D eigenvalue weighted by molar-refractivity contribution is 0.305. The molecule has 3 heteroatoms. The molecule has 0 aliphatic carbocycles. The van der Waals surface area contributed by atoms with Crippen molar-refractivity contribution in [3.8, 4) is 5.75 Å². The predicted molar refractivity (Wildman–Crippen MR) is 76.9 cm³/mol. The molecule has 0 atom stereocenters. The van der Waals surface area contributed by atoms with Crippen molar-refractivity contribution >= 4 is 27.3 Å². The normalized spacial score (nSPS) is 10.8. The number of hydrogen-bond donors (Lipinski definition) is 0. The molecule has 1 nitrogen and oxygen atoms in total. The second-order valence-corrected chi connectivity index (χ2v) is 6.15. The van der Waals surface area contributed by atoms with Gasteiger partial charge in [0, 0.05) is 9.35 Å². The first-order valence-electron chi connectivity index (χ1n) is 5.61. The molecule has 0 amide bonds. The molecule has 17 heavy (non-hydrogen) atoms. The fourth-order valence-electron chi connectivity index (χ4n) is 1.65. The highest BCUT2D eigenvalue weighted by molar-refractivity contribution is 9.10. The first kappa shape index (κ1) is 12.7. The van der Waals surface area contributed by atoms with Crippen LogP contribution in [0.1, 0.15) is 30.2 Å². The van der Waals surface area contributed by atoms with Gasteiger partial charge in [0.25, 0.3) is 0 Å². The van der Waals surface area contributed by atoms with Crippen LogP contribution in [0.4, 0.5) is 0 Å². The van der Waals surface area contributed by atoms with Gasteiger partial charge in [-0.1, -0.05) is 35.8 Å². The monoisotopic (exact) mass is 310 g/mol. The molecule has 0 radical (unpaired) electrons. The maximum atomic E-state index is 5.89. The summed E-state index contributed by atoms with van der Waals surface area (Å²) in [6, 6.07) is 10.3. The summed E-state index contributed by atoms with van der Waals surface area (Å²) in [6.07, 6.45) is 0. The van der Waals surface area contributed by atoms with Gasteiger partial charge in [0.2, 0.25) is 0 Å². The van der Waals surface area contributed by atoms with Crippen LogP contribution in [0.2, 0.25) is 0 Å². The van der Waals surface area contributed by atoms with Crippen LogP contribution in [0.5, 0.6) is 5.75 Å². The van der Waals surface area contributed by atoms with Gasteiger partial charge < -0.3 is 4.74 Å². The van der Waals surface area contributed by atoms with E-state index < -0.39 is 0 Å². The largest absolute Gasteiger partial charge is 0.488 e. The van der Waals surface area contributed by atoms with E-state index in [-0.39, 0.29) is 0 Å². The van der Waals surface area contributed by atoms with Crippen molar-refractivity contribution in [2.75, 3.05) is 0 Å². The first-order valence-corrected chi connectivity index (χ1v) is 7.28. The van der Waals surface area contributed by atoms with E-state index in [2.05, 4.69) is 47.3 Å². The molecule has 90 valence electrons. The van der Waals surface area contributed by atoms with Gasteiger partial charge in [-0.05, 0) is 41.1 Å². The third-order valence-corrected chi connectivity index (χ3v) is 3.89. The van der Waals surface area contributed by atoms with Gasteiger partial charge in [-0.2, -0.15) is 0 Å². The van der Waals surface area contributed by atoms with E-state index in [1.54, 1.807) is 11.3 Å². The third kappa shape index (κ3) is 3.33. The molecule has 0 saturated carbocycles.